The zero-order valence-electron chi connectivity index (χ0n) is 10.1. The van der Waals surface area contributed by atoms with Crippen molar-refractivity contribution in [3.05, 3.63) is 65.7 Å². The first-order chi connectivity index (χ1) is 9.15. The zero-order chi connectivity index (χ0) is 13.7. The van der Waals surface area contributed by atoms with Gasteiger partial charge in [-0.1, -0.05) is 30.3 Å². The maximum absolute atomic E-state index is 11.8. The SMILES string of the molecule is O=C(O)Cc1ccc(OC(=O)c2ccccc2)cc1. The molecule has 2 rings (SSSR count). The summed E-state index contributed by atoms with van der Waals surface area (Å²) in [4.78, 5) is 22.3. The molecule has 0 spiro atoms. The second-order valence-electron chi connectivity index (χ2n) is 3.97. The summed E-state index contributed by atoms with van der Waals surface area (Å²) in [5.41, 5.74) is 1.13. The van der Waals surface area contributed by atoms with Gasteiger partial charge in [-0.3, -0.25) is 4.79 Å². The van der Waals surface area contributed by atoms with E-state index in [1.165, 1.54) is 0 Å². The number of benzene rings is 2. The van der Waals surface area contributed by atoms with Crippen LogP contribution >= 0.6 is 0 Å². The number of aliphatic carboxylic acids is 1. The Labute approximate surface area is 110 Å². The number of carboxylic acids is 1. The summed E-state index contributed by atoms with van der Waals surface area (Å²) in [7, 11) is 0. The van der Waals surface area contributed by atoms with Crippen molar-refractivity contribution in [1.29, 1.82) is 0 Å². The third kappa shape index (κ3) is 3.67. The monoisotopic (exact) mass is 256 g/mol. The molecule has 0 bridgehead atoms. The van der Waals surface area contributed by atoms with Gasteiger partial charge in [0.2, 0.25) is 0 Å². The molecule has 1 N–H and O–H groups in total. The van der Waals surface area contributed by atoms with Gasteiger partial charge in [-0.25, -0.2) is 4.79 Å². The van der Waals surface area contributed by atoms with Crippen LogP contribution in [0.2, 0.25) is 0 Å². The first-order valence-corrected chi connectivity index (χ1v) is 5.73. The van der Waals surface area contributed by atoms with Crippen molar-refractivity contribution < 1.29 is 19.4 Å². The van der Waals surface area contributed by atoms with E-state index in [9.17, 15) is 9.59 Å². The summed E-state index contributed by atoms with van der Waals surface area (Å²) in [5.74, 6) is -0.941. The Bertz CT molecular complexity index is 573. The molecule has 0 aromatic heterocycles. The van der Waals surface area contributed by atoms with Crippen LogP contribution in [0, 0.1) is 0 Å². The first-order valence-electron chi connectivity index (χ1n) is 5.73. The number of rotatable bonds is 4. The molecule has 0 saturated heterocycles. The van der Waals surface area contributed by atoms with E-state index >= 15 is 0 Å². The lowest BCUT2D eigenvalue weighted by atomic mass is 10.1. The van der Waals surface area contributed by atoms with Gasteiger partial charge < -0.3 is 9.84 Å². The third-order valence-electron chi connectivity index (χ3n) is 2.50. The van der Waals surface area contributed by atoms with E-state index in [0.717, 1.165) is 0 Å². The van der Waals surface area contributed by atoms with Gasteiger partial charge in [-0.05, 0) is 29.8 Å². The zero-order valence-corrected chi connectivity index (χ0v) is 10.1. The summed E-state index contributed by atoms with van der Waals surface area (Å²) in [6.45, 7) is 0. The highest BCUT2D eigenvalue weighted by molar-refractivity contribution is 5.90. The molecule has 4 nitrogen and oxygen atoms in total. The molecule has 0 unspecified atom stereocenters. The van der Waals surface area contributed by atoms with Gasteiger partial charge in [0, 0.05) is 0 Å². The second kappa shape index (κ2) is 5.82. The van der Waals surface area contributed by atoms with Crippen LogP contribution in [0.4, 0.5) is 0 Å². The van der Waals surface area contributed by atoms with Gasteiger partial charge in [0.25, 0.3) is 0 Å². The van der Waals surface area contributed by atoms with Crippen molar-refractivity contribution in [2.24, 2.45) is 0 Å². The lowest BCUT2D eigenvalue weighted by Crippen LogP contribution is -2.08. The van der Waals surface area contributed by atoms with Crippen molar-refractivity contribution in [2.75, 3.05) is 0 Å². The quantitative estimate of drug-likeness (QED) is 0.674. The van der Waals surface area contributed by atoms with Crippen molar-refractivity contribution in [3.8, 4) is 5.75 Å². The predicted octanol–water partition coefficient (Wildman–Crippen LogP) is 2.53. The Balaban J connectivity index is 2.04. The van der Waals surface area contributed by atoms with Crippen LogP contribution in [0.1, 0.15) is 15.9 Å². The van der Waals surface area contributed by atoms with Gasteiger partial charge in [0.15, 0.2) is 0 Å². The minimum Gasteiger partial charge on any atom is -0.481 e. The summed E-state index contributed by atoms with van der Waals surface area (Å²) in [6.07, 6.45) is -0.0487. The lowest BCUT2D eigenvalue weighted by molar-refractivity contribution is -0.136. The molecule has 0 saturated carbocycles. The standard InChI is InChI=1S/C15H12O4/c16-14(17)10-11-6-8-13(9-7-11)19-15(18)12-4-2-1-3-5-12/h1-9H,10H2,(H,16,17). The summed E-state index contributed by atoms with van der Waals surface area (Å²) >= 11 is 0. The van der Waals surface area contributed by atoms with Gasteiger partial charge in [0.05, 0.1) is 12.0 Å². The highest BCUT2D eigenvalue weighted by atomic mass is 16.5. The molecule has 0 radical (unpaired) electrons. The molecule has 19 heavy (non-hydrogen) atoms. The molecule has 96 valence electrons. The smallest absolute Gasteiger partial charge is 0.343 e. The number of carbonyl (C=O) groups excluding carboxylic acids is 1. The van der Waals surface area contributed by atoms with Gasteiger partial charge in [-0.15, -0.1) is 0 Å². The van der Waals surface area contributed by atoms with Crippen molar-refractivity contribution in [2.45, 2.75) is 6.42 Å². The summed E-state index contributed by atoms with van der Waals surface area (Å²) in [6, 6.07) is 15.1. The Kier molecular flexibility index (Phi) is 3.93. The van der Waals surface area contributed by atoms with Crippen LogP contribution in [0.3, 0.4) is 0 Å². The Hall–Kier alpha value is -2.62. The van der Waals surface area contributed by atoms with Crippen LogP contribution in [-0.4, -0.2) is 17.0 Å². The average Bonchev–Trinajstić information content (AvgIpc) is 2.41. The van der Waals surface area contributed by atoms with Crippen LogP contribution in [0.15, 0.2) is 54.6 Å². The fourth-order valence-corrected chi connectivity index (χ4v) is 1.59. The third-order valence-corrected chi connectivity index (χ3v) is 2.50. The minimum absolute atomic E-state index is 0.0487. The molecule has 0 atom stereocenters. The van der Waals surface area contributed by atoms with Crippen LogP contribution in [-0.2, 0) is 11.2 Å². The van der Waals surface area contributed by atoms with Crippen molar-refractivity contribution in [1.82, 2.24) is 0 Å². The van der Waals surface area contributed by atoms with Crippen LogP contribution < -0.4 is 4.74 Å². The molecular formula is C15H12O4. The molecule has 0 aliphatic heterocycles. The molecule has 0 amide bonds. The van der Waals surface area contributed by atoms with Crippen LogP contribution in [0.5, 0.6) is 5.75 Å². The fraction of sp³-hybridized carbons (Fsp3) is 0.0667. The number of hydrogen-bond acceptors (Lipinski definition) is 3. The maximum Gasteiger partial charge on any atom is 0.343 e. The summed E-state index contributed by atoms with van der Waals surface area (Å²) < 4.78 is 5.17. The second-order valence-corrected chi connectivity index (χ2v) is 3.97. The van der Waals surface area contributed by atoms with E-state index in [0.29, 0.717) is 16.9 Å². The van der Waals surface area contributed by atoms with Crippen molar-refractivity contribution >= 4 is 11.9 Å². The van der Waals surface area contributed by atoms with Gasteiger partial charge in [0.1, 0.15) is 5.75 Å². The number of carbonyl (C=O) groups is 2. The predicted molar refractivity (Wildman–Crippen MR) is 69.2 cm³/mol. The topological polar surface area (TPSA) is 63.6 Å². The lowest BCUT2D eigenvalue weighted by Gasteiger charge is -2.04. The number of esters is 1. The number of hydrogen-bond donors (Lipinski definition) is 1. The summed E-state index contributed by atoms with van der Waals surface area (Å²) in [5, 5.41) is 8.64. The van der Waals surface area contributed by atoms with E-state index in [-0.39, 0.29) is 6.42 Å². The molecular weight excluding hydrogens is 244 g/mol. The molecule has 4 heteroatoms. The highest BCUT2D eigenvalue weighted by Crippen LogP contribution is 2.14. The normalized spacial score (nSPS) is 9.89. The van der Waals surface area contributed by atoms with Crippen molar-refractivity contribution in [3.63, 3.8) is 0 Å². The first kappa shape index (κ1) is 12.8. The van der Waals surface area contributed by atoms with E-state index in [1.807, 2.05) is 6.07 Å². The molecule has 2 aromatic carbocycles. The van der Waals surface area contributed by atoms with Gasteiger partial charge >= 0.3 is 11.9 Å². The Morgan fingerprint density at radius 1 is 0.947 bits per heavy atom. The molecule has 0 fully saturated rings. The largest absolute Gasteiger partial charge is 0.481 e. The molecule has 0 aliphatic carbocycles. The maximum atomic E-state index is 11.8. The highest BCUT2D eigenvalue weighted by Gasteiger charge is 2.08. The average molecular weight is 256 g/mol. The van der Waals surface area contributed by atoms with Crippen LogP contribution in [0.25, 0.3) is 0 Å². The van der Waals surface area contributed by atoms with E-state index in [4.69, 9.17) is 9.84 Å². The number of carboxylic acid groups (broad SMARTS) is 1. The Morgan fingerprint density at radius 2 is 1.58 bits per heavy atom. The number of ether oxygens (including phenoxy) is 1. The molecule has 0 aliphatic rings. The van der Waals surface area contributed by atoms with Gasteiger partial charge in [-0.2, -0.15) is 0 Å². The minimum atomic E-state index is -0.894. The Morgan fingerprint density at radius 3 is 2.16 bits per heavy atom. The van der Waals surface area contributed by atoms with E-state index in [2.05, 4.69) is 0 Å². The van der Waals surface area contributed by atoms with E-state index in [1.54, 1.807) is 48.5 Å². The molecule has 0 heterocycles. The van der Waals surface area contributed by atoms with E-state index < -0.39 is 11.9 Å². The fourth-order valence-electron chi connectivity index (χ4n) is 1.59. The molecule has 2 aromatic rings.